The van der Waals surface area contributed by atoms with Crippen LogP contribution < -0.4 is 0 Å². The summed E-state index contributed by atoms with van der Waals surface area (Å²) in [6.07, 6.45) is 2.41. The molecule has 0 atom stereocenters. The van der Waals surface area contributed by atoms with E-state index in [1.807, 2.05) is 6.92 Å². The zero-order valence-electron chi connectivity index (χ0n) is 7.78. The van der Waals surface area contributed by atoms with Gasteiger partial charge in [-0.25, -0.2) is 12.7 Å². The van der Waals surface area contributed by atoms with Gasteiger partial charge in [-0.15, -0.1) is 0 Å². The molecule has 12 heavy (non-hydrogen) atoms. The molecule has 0 bridgehead atoms. The van der Waals surface area contributed by atoms with E-state index in [-0.39, 0.29) is 5.75 Å². The second kappa shape index (κ2) is 3.75. The van der Waals surface area contributed by atoms with Gasteiger partial charge in [0.05, 0.1) is 5.75 Å². The highest BCUT2D eigenvalue weighted by molar-refractivity contribution is 7.89. The van der Waals surface area contributed by atoms with Gasteiger partial charge in [-0.2, -0.15) is 0 Å². The molecular formula is C8H17NO2S. The van der Waals surface area contributed by atoms with Crippen LogP contribution in [0.5, 0.6) is 0 Å². The monoisotopic (exact) mass is 191 g/mol. The van der Waals surface area contributed by atoms with Crippen LogP contribution in [0, 0.1) is 5.92 Å². The Morgan fingerprint density at radius 2 is 1.92 bits per heavy atom. The molecule has 1 fully saturated rings. The van der Waals surface area contributed by atoms with Crippen molar-refractivity contribution in [2.24, 2.45) is 5.92 Å². The van der Waals surface area contributed by atoms with E-state index in [4.69, 9.17) is 0 Å². The van der Waals surface area contributed by atoms with Gasteiger partial charge in [-0.3, -0.25) is 0 Å². The topological polar surface area (TPSA) is 37.4 Å². The third kappa shape index (κ3) is 2.45. The minimum absolute atomic E-state index is 0.230. The van der Waals surface area contributed by atoms with Crippen molar-refractivity contribution in [3.8, 4) is 0 Å². The zero-order valence-corrected chi connectivity index (χ0v) is 8.60. The fourth-order valence-corrected chi connectivity index (χ4v) is 2.41. The lowest BCUT2D eigenvalue weighted by Gasteiger charge is -2.18. The second-order valence-electron chi connectivity index (χ2n) is 3.29. The van der Waals surface area contributed by atoms with Crippen molar-refractivity contribution in [2.75, 3.05) is 18.8 Å². The minimum Gasteiger partial charge on any atom is -0.212 e. The number of rotatable bonds is 5. The predicted molar refractivity (Wildman–Crippen MR) is 49.4 cm³/mol. The standard InChI is InChI=1S/C8H17NO2S/c1-3-9(7-8-5-6-8)12(10,11)4-2/h8H,3-7H2,1-2H3. The Morgan fingerprint density at radius 3 is 2.25 bits per heavy atom. The van der Waals surface area contributed by atoms with Gasteiger partial charge >= 0.3 is 0 Å². The molecule has 1 aliphatic carbocycles. The highest BCUT2D eigenvalue weighted by Gasteiger charge is 2.28. The first-order chi connectivity index (χ1) is 5.60. The van der Waals surface area contributed by atoms with Gasteiger partial charge in [0.1, 0.15) is 0 Å². The molecule has 72 valence electrons. The normalized spacial score (nSPS) is 18.6. The van der Waals surface area contributed by atoms with E-state index in [1.165, 1.54) is 12.8 Å². The van der Waals surface area contributed by atoms with Gasteiger partial charge in [-0.05, 0) is 25.7 Å². The van der Waals surface area contributed by atoms with Crippen LogP contribution in [-0.2, 0) is 10.0 Å². The summed E-state index contributed by atoms with van der Waals surface area (Å²) < 4.78 is 24.4. The first kappa shape index (κ1) is 9.99. The Bertz CT molecular complexity index is 231. The van der Waals surface area contributed by atoms with E-state index in [9.17, 15) is 8.42 Å². The lowest BCUT2D eigenvalue weighted by atomic mass is 10.4. The quantitative estimate of drug-likeness (QED) is 0.652. The van der Waals surface area contributed by atoms with Crippen molar-refractivity contribution in [1.82, 2.24) is 4.31 Å². The summed E-state index contributed by atoms with van der Waals surface area (Å²) in [5.74, 6) is 0.874. The van der Waals surface area contributed by atoms with Crippen LogP contribution in [0.25, 0.3) is 0 Å². The van der Waals surface area contributed by atoms with E-state index in [0.29, 0.717) is 12.5 Å². The summed E-state index contributed by atoms with van der Waals surface area (Å²) in [4.78, 5) is 0. The van der Waals surface area contributed by atoms with Crippen molar-refractivity contribution < 1.29 is 8.42 Å². The third-order valence-electron chi connectivity index (χ3n) is 2.27. The predicted octanol–water partition coefficient (Wildman–Crippen LogP) is 1.07. The number of sulfonamides is 1. The Kier molecular flexibility index (Phi) is 3.12. The fourth-order valence-electron chi connectivity index (χ4n) is 1.21. The molecule has 0 aromatic heterocycles. The molecule has 1 aliphatic rings. The lowest BCUT2D eigenvalue weighted by molar-refractivity contribution is 0.413. The number of nitrogens with zero attached hydrogens (tertiary/aromatic N) is 1. The molecular weight excluding hydrogens is 174 g/mol. The maximum Gasteiger partial charge on any atom is 0.213 e. The molecule has 1 saturated carbocycles. The molecule has 4 heteroatoms. The lowest BCUT2D eigenvalue weighted by Crippen LogP contribution is -2.33. The summed E-state index contributed by atoms with van der Waals surface area (Å²) in [7, 11) is -2.93. The molecule has 1 rings (SSSR count). The Morgan fingerprint density at radius 1 is 1.33 bits per heavy atom. The first-order valence-corrected chi connectivity index (χ1v) is 6.19. The molecule has 0 saturated heterocycles. The zero-order chi connectivity index (χ0) is 9.19. The molecule has 0 aliphatic heterocycles. The average Bonchev–Trinajstić information content (AvgIpc) is 2.83. The molecule has 0 aromatic carbocycles. The van der Waals surface area contributed by atoms with Crippen LogP contribution in [0.15, 0.2) is 0 Å². The largest absolute Gasteiger partial charge is 0.213 e. The van der Waals surface area contributed by atoms with Crippen LogP contribution in [-0.4, -0.2) is 31.6 Å². The summed E-state index contributed by atoms with van der Waals surface area (Å²) in [5, 5.41) is 0. The molecule has 0 N–H and O–H groups in total. The summed E-state index contributed by atoms with van der Waals surface area (Å²) in [6, 6.07) is 0. The van der Waals surface area contributed by atoms with Gasteiger partial charge in [0, 0.05) is 13.1 Å². The smallest absolute Gasteiger partial charge is 0.212 e. The maximum absolute atomic E-state index is 11.4. The van der Waals surface area contributed by atoms with Crippen LogP contribution in [0.1, 0.15) is 26.7 Å². The SMILES string of the molecule is CCN(CC1CC1)S(=O)(=O)CC. The van der Waals surface area contributed by atoms with Crippen molar-refractivity contribution in [3.63, 3.8) is 0 Å². The highest BCUT2D eigenvalue weighted by Crippen LogP contribution is 2.30. The molecule has 0 radical (unpaired) electrons. The first-order valence-electron chi connectivity index (χ1n) is 4.58. The van der Waals surface area contributed by atoms with Crippen LogP contribution >= 0.6 is 0 Å². The van der Waals surface area contributed by atoms with Crippen molar-refractivity contribution in [1.29, 1.82) is 0 Å². The minimum atomic E-state index is -2.93. The molecule has 0 unspecified atom stereocenters. The van der Waals surface area contributed by atoms with E-state index in [2.05, 4.69) is 0 Å². The van der Waals surface area contributed by atoms with E-state index in [1.54, 1.807) is 11.2 Å². The summed E-state index contributed by atoms with van der Waals surface area (Å²) in [6.45, 7) is 4.96. The Labute approximate surface area is 74.8 Å². The van der Waals surface area contributed by atoms with E-state index < -0.39 is 10.0 Å². The number of hydrogen-bond donors (Lipinski definition) is 0. The van der Waals surface area contributed by atoms with Crippen LogP contribution in [0.2, 0.25) is 0 Å². The van der Waals surface area contributed by atoms with Crippen LogP contribution in [0.3, 0.4) is 0 Å². The fraction of sp³-hybridized carbons (Fsp3) is 1.00. The van der Waals surface area contributed by atoms with Crippen molar-refractivity contribution in [3.05, 3.63) is 0 Å². The Hall–Kier alpha value is -0.0900. The summed E-state index contributed by atoms with van der Waals surface area (Å²) >= 11 is 0. The van der Waals surface area contributed by atoms with Gasteiger partial charge in [0.25, 0.3) is 0 Å². The number of hydrogen-bond acceptors (Lipinski definition) is 2. The van der Waals surface area contributed by atoms with Gasteiger partial charge in [0.15, 0.2) is 0 Å². The Balaban J connectivity index is 2.53. The van der Waals surface area contributed by atoms with E-state index >= 15 is 0 Å². The molecule has 0 aromatic rings. The third-order valence-corrected chi connectivity index (χ3v) is 4.19. The second-order valence-corrected chi connectivity index (χ2v) is 5.55. The molecule has 0 heterocycles. The van der Waals surface area contributed by atoms with Crippen molar-refractivity contribution in [2.45, 2.75) is 26.7 Å². The van der Waals surface area contributed by atoms with Gasteiger partial charge < -0.3 is 0 Å². The molecule has 0 spiro atoms. The highest BCUT2D eigenvalue weighted by atomic mass is 32.2. The maximum atomic E-state index is 11.4. The van der Waals surface area contributed by atoms with Crippen LogP contribution in [0.4, 0.5) is 0 Å². The molecule has 0 amide bonds. The average molecular weight is 191 g/mol. The van der Waals surface area contributed by atoms with Gasteiger partial charge in [0.2, 0.25) is 10.0 Å². The van der Waals surface area contributed by atoms with Gasteiger partial charge in [-0.1, -0.05) is 6.92 Å². The van der Waals surface area contributed by atoms with E-state index in [0.717, 1.165) is 6.54 Å². The molecule has 3 nitrogen and oxygen atoms in total. The summed E-state index contributed by atoms with van der Waals surface area (Å²) in [5.41, 5.74) is 0. The van der Waals surface area contributed by atoms with Crippen molar-refractivity contribution >= 4 is 10.0 Å².